The van der Waals surface area contributed by atoms with Gasteiger partial charge in [-0.1, -0.05) is 130 Å². The predicted octanol–water partition coefficient (Wildman–Crippen LogP) is 6.66. The molecular formula is C30H28CaN2S4. The molecule has 0 spiro atoms. The van der Waals surface area contributed by atoms with Crippen LogP contribution in [0.15, 0.2) is 121 Å². The summed E-state index contributed by atoms with van der Waals surface area (Å²) < 4.78 is 1.03. The summed E-state index contributed by atoms with van der Waals surface area (Å²) in [4.78, 5) is 4.07. The average molecular weight is 585 g/mol. The molecule has 0 bridgehead atoms. The van der Waals surface area contributed by atoms with E-state index in [1.54, 1.807) is 0 Å². The molecule has 0 aliphatic carbocycles. The van der Waals surface area contributed by atoms with Crippen LogP contribution in [-0.4, -0.2) is 56.2 Å². The molecule has 4 rings (SSSR count). The van der Waals surface area contributed by atoms with Gasteiger partial charge in [0.15, 0.2) is 0 Å². The van der Waals surface area contributed by atoms with Gasteiger partial charge in [0.25, 0.3) is 0 Å². The molecule has 4 aromatic carbocycles. The molecule has 0 aromatic heterocycles. The van der Waals surface area contributed by atoms with Gasteiger partial charge < -0.3 is 59.5 Å². The Balaban J connectivity index is 0.000000253. The molecule has 0 heterocycles. The fourth-order valence-corrected chi connectivity index (χ4v) is 4.10. The molecule has 0 aliphatic heterocycles. The SMILES string of the molecule is S=C([S-])N(Cc1ccccc1)Cc1ccccc1.S=C([S-])N(Cc1ccccc1)Cc1ccccc1.[Ca+2]. The van der Waals surface area contributed by atoms with Crippen molar-refractivity contribution < 1.29 is 0 Å². The van der Waals surface area contributed by atoms with Gasteiger partial charge in [0, 0.05) is 26.2 Å². The molecule has 0 atom stereocenters. The van der Waals surface area contributed by atoms with E-state index in [1.165, 1.54) is 22.3 Å². The van der Waals surface area contributed by atoms with E-state index in [0.717, 1.165) is 26.2 Å². The van der Waals surface area contributed by atoms with Crippen LogP contribution >= 0.6 is 24.4 Å². The minimum Gasteiger partial charge on any atom is -0.411 e. The third-order valence-electron chi connectivity index (χ3n) is 5.38. The second-order valence-corrected chi connectivity index (χ2v) is 10.2. The molecular weight excluding hydrogens is 557 g/mol. The van der Waals surface area contributed by atoms with Gasteiger partial charge in [-0.3, -0.25) is 0 Å². The molecule has 4 aromatic rings. The summed E-state index contributed by atoms with van der Waals surface area (Å²) in [6, 6.07) is 41.0. The number of benzene rings is 4. The Morgan fingerprint density at radius 3 is 0.784 bits per heavy atom. The third kappa shape index (κ3) is 12.2. The first-order chi connectivity index (χ1) is 17.5. The Morgan fingerprint density at radius 2 is 0.622 bits per heavy atom. The average Bonchev–Trinajstić information content (AvgIpc) is 2.91. The molecule has 0 N–H and O–H groups in total. The number of thiocarbonyl (C=S) groups is 2. The molecule has 7 heteroatoms. The Labute approximate surface area is 272 Å². The monoisotopic (exact) mass is 584 g/mol. The molecule has 0 unspecified atom stereocenters. The van der Waals surface area contributed by atoms with E-state index in [-0.39, 0.29) is 37.7 Å². The summed E-state index contributed by atoms with van der Waals surface area (Å²) in [5.74, 6) is 0. The van der Waals surface area contributed by atoms with Gasteiger partial charge in [-0.05, 0) is 22.3 Å². The minimum atomic E-state index is 0. The summed E-state index contributed by atoms with van der Waals surface area (Å²) >= 11 is 20.6. The van der Waals surface area contributed by atoms with E-state index < -0.39 is 0 Å². The van der Waals surface area contributed by atoms with E-state index in [4.69, 9.17) is 49.7 Å². The van der Waals surface area contributed by atoms with E-state index >= 15 is 0 Å². The van der Waals surface area contributed by atoms with Crippen molar-refractivity contribution in [1.29, 1.82) is 0 Å². The normalized spacial score (nSPS) is 9.73. The van der Waals surface area contributed by atoms with Gasteiger partial charge in [0.05, 0.1) is 0 Å². The smallest absolute Gasteiger partial charge is 0.411 e. The van der Waals surface area contributed by atoms with E-state index in [0.29, 0.717) is 8.64 Å². The zero-order valence-corrected chi connectivity index (χ0v) is 26.1. The molecule has 2 nitrogen and oxygen atoms in total. The van der Waals surface area contributed by atoms with Crippen LogP contribution in [0.1, 0.15) is 22.3 Å². The molecule has 0 radical (unpaired) electrons. The van der Waals surface area contributed by atoms with Crippen molar-refractivity contribution in [3.63, 3.8) is 0 Å². The van der Waals surface area contributed by atoms with E-state index in [2.05, 4.69) is 48.5 Å². The topological polar surface area (TPSA) is 6.48 Å². The standard InChI is InChI=1S/2C15H15NS2.Ca/c2*17-15(18)16(11-13-7-3-1-4-8-13)12-14-9-5-2-6-10-14;/h2*1-10H,11-12H2,(H,17,18);/q;;+2/p-2. The zero-order chi connectivity index (χ0) is 25.6. The Hall–Kier alpha value is -1.64. The van der Waals surface area contributed by atoms with Crippen molar-refractivity contribution in [2.24, 2.45) is 0 Å². The first-order valence-electron chi connectivity index (χ1n) is 11.6. The maximum absolute atomic E-state index is 5.16. The maximum atomic E-state index is 5.16. The first-order valence-corrected chi connectivity index (χ1v) is 13.2. The molecule has 184 valence electrons. The van der Waals surface area contributed by atoms with Crippen LogP contribution in [0.5, 0.6) is 0 Å². The molecule has 37 heavy (non-hydrogen) atoms. The van der Waals surface area contributed by atoms with Crippen LogP contribution in [0.2, 0.25) is 0 Å². The molecule has 0 saturated carbocycles. The van der Waals surface area contributed by atoms with Crippen molar-refractivity contribution in [3.8, 4) is 0 Å². The fourth-order valence-electron chi connectivity index (χ4n) is 3.59. The van der Waals surface area contributed by atoms with Crippen LogP contribution in [0.25, 0.3) is 0 Å². The maximum Gasteiger partial charge on any atom is 2.00 e. The predicted molar refractivity (Wildman–Crippen MR) is 170 cm³/mol. The third-order valence-corrected chi connectivity index (χ3v) is 6.41. The molecule has 0 aliphatic rings. The first kappa shape index (κ1) is 31.6. The van der Waals surface area contributed by atoms with Gasteiger partial charge in [-0.25, -0.2) is 0 Å². The molecule has 0 saturated heterocycles. The summed E-state index contributed by atoms with van der Waals surface area (Å²) in [6.45, 7) is 3.05. The van der Waals surface area contributed by atoms with Crippen molar-refractivity contribution in [2.45, 2.75) is 26.2 Å². The van der Waals surface area contributed by atoms with Crippen LogP contribution in [0.4, 0.5) is 0 Å². The van der Waals surface area contributed by atoms with Crippen LogP contribution in [0.3, 0.4) is 0 Å². The summed E-state index contributed by atoms with van der Waals surface area (Å²) in [5, 5.41) is 0. The Kier molecular flexibility index (Phi) is 15.2. The second-order valence-electron chi connectivity index (χ2n) is 8.19. The van der Waals surface area contributed by atoms with Gasteiger partial charge >= 0.3 is 37.7 Å². The molecule has 0 amide bonds. The quantitative estimate of drug-likeness (QED) is 0.129. The van der Waals surface area contributed by atoms with Crippen molar-refractivity contribution in [3.05, 3.63) is 144 Å². The van der Waals surface area contributed by atoms with Gasteiger partial charge in [0.1, 0.15) is 0 Å². The number of hydrogen-bond donors (Lipinski definition) is 0. The Bertz CT molecular complexity index is 1010. The largest absolute Gasteiger partial charge is 2.00 e. The van der Waals surface area contributed by atoms with Crippen molar-refractivity contribution in [2.75, 3.05) is 0 Å². The second kappa shape index (κ2) is 17.8. The minimum absolute atomic E-state index is 0. The van der Waals surface area contributed by atoms with Crippen LogP contribution in [-0.2, 0) is 51.4 Å². The van der Waals surface area contributed by atoms with Gasteiger partial charge in [-0.2, -0.15) is 0 Å². The number of rotatable bonds is 8. The van der Waals surface area contributed by atoms with Gasteiger partial charge in [0.2, 0.25) is 0 Å². The van der Waals surface area contributed by atoms with Crippen molar-refractivity contribution in [1.82, 2.24) is 9.80 Å². The van der Waals surface area contributed by atoms with Crippen LogP contribution in [0, 0.1) is 0 Å². The van der Waals surface area contributed by atoms with E-state index in [1.807, 2.05) is 82.6 Å². The zero-order valence-electron chi connectivity index (χ0n) is 20.6. The van der Waals surface area contributed by atoms with Gasteiger partial charge in [-0.15, -0.1) is 0 Å². The number of hydrogen-bond acceptors (Lipinski definition) is 4. The Morgan fingerprint density at radius 1 is 0.432 bits per heavy atom. The summed E-state index contributed by atoms with van der Waals surface area (Å²) in [7, 11) is 0. The summed E-state index contributed by atoms with van der Waals surface area (Å²) in [6.07, 6.45) is 0. The summed E-state index contributed by atoms with van der Waals surface area (Å²) in [5.41, 5.74) is 4.89. The van der Waals surface area contributed by atoms with Crippen molar-refractivity contribution >= 4 is 96.1 Å². The van der Waals surface area contributed by atoms with E-state index in [9.17, 15) is 0 Å². The fraction of sp³-hybridized carbons (Fsp3) is 0.133. The molecule has 0 fully saturated rings. The van der Waals surface area contributed by atoms with Crippen LogP contribution < -0.4 is 0 Å². The number of nitrogens with zero attached hydrogens (tertiary/aromatic N) is 2.